The van der Waals surface area contributed by atoms with E-state index in [1.165, 1.54) is 0 Å². The van der Waals surface area contributed by atoms with Crippen molar-refractivity contribution in [1.82, 2.24) is 24.7 Å². The normalized spacial score (nSPS) is 21.0. The molecule has 4 heterocycles. The first-order chi connectivity index (χ1) is 12.0. The third-order valence-electron chi connectivity index (χ3n) is 4.50. The molecule has 0 unspecified atom stereocenters. The predicted molar refractivity (Wildman–Crippen MR) is 96.5 cm³/mol. The van der Waals surface area contributed by atoms with Crippen LogP contribution in [0.25, 0.3) is 22.4 Å². The SMILES string of the molecule is Cc1nn(C)c2nc(-c3ccncc3)nc(N3C[C@@H](C)O[C@@H](C)C3)c12. The Morgan fingerprint density at radius 3 is 2.44 bits per heavy atom. The zero-order valence-corrected chi connectivity index (χ0v) is 15.0. The van der Waals surface area contributed by atoms with Crippen LogP contribution in [0.1, 0.15) is 19.5 Å². The van der Waals surface area contributed by atoms with Gasteiger partial charge in [0.2, 0.25) is 0 Å². The molecule has 7 nitrogen and oxygen atoms in total. The first-order valence-electron chi connectivity index (χ1n) is 8.55. The minimum Gasteiger partial charge on any atom is -0.372 e. The van der Waals surface area contributed by atoms with E-state index in [0.717, 1.165) is 41.2 Å². The summed E-state index contributed by atoms with van der Waals surface area (Å²) in [4.78, 5) is 16.1. The monoisotopic (exact) mass is 338 g/mol. The highest BCUT2D eigenvalue weighted by molar-refractivity contribution is 5.91. The van der Waals surface area contributed by atoms with Crippen molar-refractivity contribution in [2.45, 2.75) is 33.0 Å². The van der Waals surface area contributed by atoms with Gasteiger partial charge in [-0.1, -0.05) is 0 Å². The molecule has 0 amide bonds. The first kappa shape index (κ1) is 16.0. The van der Waals surface area contributed by atoms with Crippen LogP contribution in [0.2, 0.25) is 0 Å². The number of aryl methyl sites for hydroxylation is 2. The minimum absolute atomic E-state index is 0.162. The number of fused-ring (bicyclic) bond motifs is 1. The molecule has 4 rings (SSSR count). The fourth-order valence-corrected chi connectivity index (χ4v) is 3.53. The van der Waals surface area contributed by atoms with Crippen LogP contribution < -0.4 is 4.90 Å². The summed E-state index contributed by atoms with van der Waals surface area (Å²) >= 11 is 0. The number of hydrogen-bond acceptors (Lipinski definition) is 6. The van der Waals surface area contributed by atoms with Gasteiger partial charge >= 0.3 is 0 Å². The van der Waals surface area contributed by atoms with Gasteiger partial charge in [0.15, 0.2) is 11.5 Å². The summed E-state index contributed by atoms with van der Waals surface area (Å²) in [5.41, 5.74) is 2.74. The third kappa shape index (κ3) is 2.84. The van der Waals surface area contributed by atoms with Crippen LogP contribution in [0, 0.1) is 6.92 Å². The van der Waals surface area contributed by atoms with Crippen molar-refractivity contribution >= 4 is 16.9 Å². The first-order valence-corrected chi connectivity index (χ1v) is 8.55. The van der Waals surface area contributed by atoms with E-state index in [0.29, 0.717) is 5.82 Å². The highest BCUT2D eigenvalue weighted by Crippen LogP contribution is 2.31. The van der Waals surface area contributed by atoms with Crippen molar-refractivity contribution in [3.8, 4) is 11.4 Å². The topological polar surface area (TPSA) is 69.0 Å². The summed E-state index contributed by atoms with van der Waals surface area (Å²) < 4.78 is 7.71. The highest BCUT2D eigenvalue weighted by Gasteiger charge is 2.27. The van der Waals surface area contributed by atoms with Gasteiger partial charge < -0.3 is 9.64 Å². The number of morpholine rings is 1. The number of pyridine rings is 1. The molecule has 1 fully saturated rings. The molecular formula is C18H22N6O. The number of aromatic nitrogens is 5. The van der Waals surface area contributed by atoms with Gasteiger partial charge in [-0.3, -0.25) is 9.67 Å². The molecule has 130 valence electrons. The van der Waals surface area contributed by atoms with Crippen LogP contribution in [0.5, 0.6) is 0 Å². The second kappa shape index (κ2) is 6.07. The van der Waals surface area contributed by atoms with Crippen molar-refractivity contribution in [3.63, 3.8) is 0 Å². The molecule has 3 aromatic heterocycles. The average molecular weight is 338 g/mol. The van der Waals surface area contributed by atoms with Crippen molar-refractivity contribution < 1.29 is 4.74 Å². The van der Waals surface area contributed by atoms with E-state index in [1.807, 2.05) is 30.8 Å². The number of nitrogens with zero attached hydrogens (tertiary/aromatic N) is 6. The van der Waals surface area contributed by atoms with Gasteiger partial charge in [0.1, 0.15) is 5.82 Å². The fraction of sp³-hybridized carbons (Fsp3) is 0.444. The van der Waals surface area contributed by atoms with E-state index < -0.39 is 0 Å². The summed E-state index contributed by atoms with van der Waals surface area (Å²) in [5.74, 6) is 1.63. The van der Waals surface area contributed by atoms with Gasteiger partial charge in [-0.15, -0.1) is 0 Å². The lowest BCUT2D eigenvalue weighted by Crippen LogP contribution is -2.46. The van der Waals surface area contributed by atoms with Gasteiger partial charge in [0.05, 0.1) is 23.3 Å². The van der Waals surface area contributed by atoms with Crippen LogP contribution in [0.4, 0.5) is 5.82 Å². The molecule has 1 aliphatic heterocycles. The Kier molecular flexibility index (Phi) is 3.88. The summed E-state index contributed by atoms with van der Waals surface area (Å²) in [5, 5.41) is 5.58. The summed E-state index contributed by atoms with van der Waals surface area (Å²) in [6.45, 7) is 7.82. The molecule has 2 atom stereocenters. The molecule has 0 radical (unpaired) electrons. The molecule has 0 aromatic carbocycles. The Labute approximate surface area is 146 Å². The molecule has 0 aliphatic carbocycles. The molecule has 7 heteroatoms. The van der Waals surface area contributed by atoms with Crippen molar-refractivity contribution in [2.75, 3.05) is 18.0 Å². The zero-order chi connectivity index (χ0) is 17.6. The Bertz CT molecular complexity index is 897. The fourth-order valence-electron chi connectivity index (χ4n) is 3.53. The Morgan fingerprint density at radius 2 is 1.76 bits per heavy atom. The molecule has 1 aliphatic rings. The van der Waals surface area contributed by atoms with E-state index in [9.17, 15) is 0 Å². The third-order valence-corrected chi connectivity index (χ3v) is 4.50. The van der Waals surface area contributed by atoms with Crippen LogP contribution in [0.15, 0.2) is 24.5 Å². The molecule has 0 saturated carbocycles. The number of rotatable bonds is 2. The van der Waals surface area contributed by atoms with Crippen molar-refractivity contribution in [1.29, 1.82) is 0 Å². The highest BCUT2D eigenvalue weighted by atomic mass is 16.5. The minimum atomic E-state index is 0.162. The second-order valence-electron chi connectivity index (χ2n) is 6.68. The van der Waals surface area contributed by atoms with Crippen LogP contribution in [0.3, 0.4) is 0 Å². The van der Waals surface area contributed by atoms with E-state index in [1.54, 1.807) is 12.4 Å². The largest absolute Gasteiger partial charge is 0.372 e. The van der Waals surface area contributed by atoms with Crippen LogP contribution in [-0.4, -0.2) is 50.0 Å². The van der Waals surface area contributed by atoms with E-state index in [2.05, 4.69) is 28.8 Å². The molecule has 0 bridgehead atoms. The van der Waals surface area contributed by atoms with Gasteiger partial charge in [0.25, 0.3) is 0 Å². The molecule has 0 spiro atoms. The summed E-state index contributed by atoms with van der Waals surface area (Å²) in [7, 11) is 1.92. The van der Waals surface area contributed by atoms with Crippen LogP contribution in [-0.2, 0) is 11.8 Å². The maximum atomic E-state index is 5.89. The van der Waals surface area contributed by atoms with E-state index in [-0.39, 0.29) is 12.2 Å². The van der Waals surface area contributed by atoms with Gasteiger partial charge in [-0.05, 0) is 32.9 Å². The van der Waals surface area contributed by atoms with Gasteiger partial charge in [-0.25, -0.2) is 9.97 Å². The standard InChI is InChI=1S/C18H22N6O/c1-11-9-24(10-12(2)25-11)18-15-13(3)22-23(4)17(15)20-16(21-18)14-5-7-19-8-6-14/h5-8,11-12H,9-10H2,1-4H3/t11-,12+. The molecule has 3 aromatic rings. The van der Waals surface area contributed by atoms with Gasteiger partial charge in [0, 0.05) is 38.1 Å². The average Bonchev–Trinajstić information content (AvgIpc) is 2.88. The maximum Gasteiger partial charge on any atom is 0.164 e. The Morgan fingerprint density at radius 1 is 1.08 bits per heavy atom. The lowest BCUT2D eigenvalue weighted by atomic mass is 10.2. The number of ether oxygens (including phenoxy) is 1. The van der Waals surface area contributed by atoms with E-state index >= 15 is 0 Å². The smallest absolute Gasteiger partial charge is 0.164 e. The number of anilines is 1. The molecule has 0 N–H and O–H groups in total. The summed E-state index contributed by atoms with van der Waals surface area (Å²) in [6, 6.07) is 3.86. The summed E-state index contributed by atoms with van der Waals surface area (Å²) in [6.07, 6.45) is 3.84. The quantitative estimate of drug-likeness (QED) is 0.714. The lowest BCUT2D eigenvalue weighted by Gasteiger charge is -2.36. The predicted octanol–water partition coefficient (Wildman–Crippen LogP) is 2.35. The van der Waals surface area contributed by atoms with Crippen molar-refractivity contribution in [3.05, 3.63) is 30.2 Å². The maximum absolute atomic E-state index is 5.89. The Balaban J connectivity index is 1.92. The Hall–Kier alpha value is -2.54. The van der Waals surface area contributed by atoms with E-state index in [4.69, 9.17) is 14.7 Å². The van der Waals surface area contributed by atoms with Gasteiger partial charge in [-0.2, -0.15) is 5.10 Å². The number of hydrogen-bond donors (Lipinski definition) is 0. The molecule has 1 saturated heterocycles. The van der Waals surface area contributed by atoms with Crippen molar-refractivity contribution in [2.24, 2.45) is 7.05 Å². The zero-order valence-electron chi connectivity index (χ0n) is 15.0. The van der Waals surface area contributed by atoms with Crippen LogP contribution >= 0.6 is 0 Å². The molecular weight excluding hydrogens is 316 g/mol. The second-order valence-corrected chi connectivity index (χ2v) is 6.68. The lowest BCUT2D eigenvalue weighted by molar-refractivity contribution is -0.00536. The molecule has 25 heavy (non-hydrogen) atoms.